The smallest absolute Gasteiger partial charge is 0.429 e. The number of rotatable bonds is 2. The van der Waals surface area contributed by atoms with Gasteiger partial charge in [0, 0.05) is 13.1 Å². The molecule has 1 heterocycles. The van der Waals surface area contributed by atoms with E-state index in [1.54, 1.807) is 0 Å². The van der Waals surface area contributed by atoms with E-state index in [0.717, 1.165) is 0 Å². The molecule has 7 nitrogen and oxygen atoms in total. The first kappa shape index (κ1) is 10.4. The molecule has 0 bridgehead atoms. The number of carbonyl (C=O) groups is 1. The normalized spacial score (nSPS) is 19.6. The topological polar surface area (TPSA) is 90.9 Å². The van der Waals surface area contributed by atoms with Gasteiger partial charge in [0.15, 0.2) is 0 Å². The molecule has 1 aliphatic rings. The molecule has 0 spiro atoms. The lowest BCUT2D eigenvalue weighted by Gasteiger charge is -2.25. The Labute approximate surface area is 77.4 Å². The van der Waals surface area contributed by atoms with Crippen LogP contribution >= 0.6 is 0 Å². The maximum absolute atomic E-state index is 11.0. The monoisotopic (exact) mass is 209 g/mol. The lowest BCUT2D eigenvalue weighted by Crippen LogP contribution is -2.43. The second-order valence-electron chi connectivity index (χ2n) is 2.29. The van der Waals surface area contributed by atoms with Gasteiger partial charge in [-0.05, 0) is 0 Å². The number of hydrogen-bond donors (Lipinski definition) is 1. The summed E-state index contributed by atoms with van der Waals surface area (Å²) in [4.78, 5) is 18.1. The van der Waals surface area contributed by atoms with E-state index in [-0.39, 0.29) is 0 Å². The number of hydrogen-bond acceptors (Lipinski definition) is 5. The molecule has 1 aliphatic heterocycles. The number of ether oxygens (including phenoxy) is 1. The molecular weight excluding hydrogens is 200 g/mol. The fourth-order valence-electron chi connectivity index (χ4n) is 0.880. The zero-order valence-corrected chi connectivity index (χ0v) is 7.54. The van der Waals surface area contributed by atoms with Crippen LogP contribution in [0.2, 0.25) is 0 Å². The van der Waals surface area contributed by atoms with Crippen LogP contribution in [-0.2, 0) is 20.8 Å². The van der Waals surface area contributed by atoms with E-state index in [2.05, 4.69) is 4.84 Å². The highest BCUT2D eigenvalue weighted by atomic mass is 32.2. The predicted molar refractivity (Wildman–Crippen MR) is 40.9 cm³/mol. The summed E-state index contributed by atoms with van der Waals surface area (Å²) in [6.45, 7) is 1.70. The van der Waals surface area contributed by atoms with Gasteiger partial charge < -0.3 is 19.0 Å². The molecule has 1 atom stereocenters. The van der Waals surface area contributed by atoms with Crippen molar-refractivity contribution in [3.8, 4) is 0 Å². The summed E-state index contributed by atoms with van der Waals surface area (Å²) in [5, 5.41) is 0. The Morgan fingerprint density at radius 2 is 2.15 bits per heavy atom. The molecule has 1 unspecified atom stereocenters. The fraction of sp³-hybridized carbons (Fsp3) is 0.800. The third kappa shape index (κ3) is 3.68. The summed E-state index contributed by atoms with van der Waals surface area (Å²) < 4.78 is 24.9. The first-order valence-electron chi connectivity index (χ1n) is 3.58. The summed E-state index contributed by atoms with van der Waals surface area (Å²) in [6, 6.07) is 0. The van der Waals surface area contributed by atoms with Gasteiger partial charge in [-0.3, -0.25) is 4.21 Å². The van der Waals surface area contributed by atoms with Crippen LogP contribution in [0.1, 0.15) is 0 Å². The molecule has 0 aromatic heterocycles. The third-order valence-electron chi connectivity index (χ3n) is 1.47. The van der Waals surface area contributed by atoms with Crippen LogP contribution in [-0.4, -0.2) is 46.1 Å². The lowest BCUT2D eigenvalue weighted by atomic mass is 10.5. The molecule has 13 heavy (non-hydrogen) atoms. The van der Waals surface area contributed by atoms with Gasteiger partial charge in [0.25, 0.3) is 0 Å². The van der Waals surface area contributed by atoms with Crippen LogP contribution in [0.15, 0.2) is 0 Å². The van der Waals surface area contributed by atoms with E-state index in [1.807, 2.05) is 0 Å². The lowest BCUT2D eigenvalue weighted by molar-refractivity contribution is 0.0201. The van der Waals surface area contributed by atoms with Crippen molar-refractivity contribution in [2.75, 3.05) is 26.3 Å². The summed E-state index contributed by atoms with van der Waals surface area (Å²) >= 11 is -2.59. The standard InChI is InChI=1S/C5H10N2O5S/c8-5(12-6-13(9)10)7-1-3-11-4-2-7/h6H,1-4H2,(H,9,10)/p-1. The van der Waals surface area contributed by atoms with E-state index in [1.165, 1.54) is 9.79 Å². The molecular formula is C5H9N2O5S-. The van der Waals surface area contributed by atoms with Crippen LogP contribution < -0.4 is 4.89 Å². The van der Waals surface area contributed by atoms with Crippen LogP contribution in [0.3, 0.4) is 0 Å². The van der Waals surface area contributed by atoms with Gasteiger partial charge in [0.2, 0.25) is 0 Å². The summed E-state index contributed by atoms with van der Waals surface area (Å²) in [5.41, 5.74) is 0. The van der Waals surface area contributed by atoms with Crippen LogP contribution in [0.4, 0.5) is 4.79 Å². The van der Waals surface area contributed by atoms with Crippen LogP contribution in [0.5, 0.6) is 0 Å². The van der Waals surface area contributed by atoms with E-state index in [9.17, 15) is 13.6 Å². The Kier molecular flexibility index (Phi) is 4.09. The highest BCUT2D eigenvalue weighted by Gasteiger charge is 2.17. The SMILES string of the molecule is O=C(ONS(=O)[O-])N1CCOCC1. The minimum absolute atomic E-state index is 0.409. The predicted octanol–water partition coefficient (Wildman–Crippen LogP) is -1.25. The van der Waals surface area contributed by atoms with Gasteiger partial charge in [-0.1, -0.05) is 4.89 Å². The quantitative estimate of drug-likeness (QED) is 0.453. The highest BCUT2D eigenvalue weighted by molar-refractivity contribution is 7.76. The molecule has 1 fully saturated rings. The van der Waals surface area contributed by atoms with Gasteiger partial charge in [-0.15, -0.1) is 0 Å². The number of nitrogens with zero attached hydrogens (tertiary/aromatic N) is 1. The summed E-state index contributed by atoms with van der Waals surface area (Å²) in [7, 11) is 0. The van der Waals surface area contributed by atoms with Crippen molar-refractivity contribution in [1.82, 2.24) is 9.79 Å². The van der Waals surface area contributed by atoms with Crippen molar-refractivity contribution in [3.05, 3.63) is 0 Å². The zero-order valence-electron chi connectivity index (χ0n) is 6.73. The van der Waals surface area contributed by atoms with Gasteiger partial charge in [-0.25, -0.2) is 4.79 Å². The van der Waals surface area contributed by atoms with Gasteiger partial charge >= 0.3 is 6.09 Å². The van der Waals surface area contributed by atoms with Crippen molar-refractivity contribution in [3.63, 3.8) is 0 Å². The first-order valence-corrected chi connectivity index (χ1v) is 4.66. The van der Waals surface area contributed by atoms with Crippen molar-refractivity contribution in [2.24, 2.45) is 0 Å². The zero-order chi connectivity index (χ0) is 9.68. The van der Waals surface area contributed by atoms with E-state index in [0.29, 0.717) is 26.3 Å². The van der Waals surface area contributed by atoms with Crippen LogP contribution in [0, 0.1) is 0 Å². The summed E-state index contributed by atoms with van der Waals surface area (Å²) in [5.74, 6) is 0. The van der Waals surface area contributed by atoms with Crippen molar-refractivity contribution in [1.29, 1.82) is 0 Å². The average Bonchev–Trinajstić information content (AvgIpc) is 2.15. The molecule has 0 saturated carbocycles. The maximum Gasteiger partial charge on any atom is 0.429 e. The van der Waals surface area contributed by atoms with E-state index < -0.39 is 17.4 Å². The molecule has 8 heteroatoms. The van der Waals surface area contributed by atoms with Crippen molar-refractivity contribution >= 4 is 17.4 Å². The Morgan fingerprint density at radius 1 is 1.54 bits per heavy atom. The minimum Gasteiger partial charge on any atom is -0.758 e. The van der Waals surface area contributed by atoms with Crippen LogP contribution in [0.25, 0.3) is 0 Å². The molecule has 1 N–H and O–H groups in total. The van der Waals surface area contributed by atoms with Gasteiger partial charge in [0.05, 0.1) is 24.5 Å². The van der Waals surface area contributed by atoms with E-state index >= 15 is 0 Å². The highest BCUT2D eigenvalue weighted by Crippen LogP contribution is 1.98. The number of amides is 1. The van der Waals surface area contributed by atoms with Crippen molar-refractivity contribution < 1.29 is 23.1 Å². The molecule has 1 saturated heterocycles. The molecule has 76 valence electrons. The molecule has 0 aromatic rings. The van der Waals surface area contributed by atoms with Gasteiger partial charge in [0.1, 0.15) is 0 Å². The fourth-order valence-corrected chi connectivity index (χ4v) is 1.02. The van der Waals surface area contributed by atoms with Gasteiger partial charge in [-0.2, -0.15) is 0 Å². The number of nitrogens with one attached hydrogen (secondary N) is 1. The summed E-state index contributed by atoms with van der Waals surface area (Å²) in [6.07, 6.45) is -0.715. The second kappa shape index (κ2) is 5.12. The van der Waals surface area contributed by atoms with Crippen molar-refractivity contribution in [2.45, 2.75) is 0 Å². The number of carbonyl (C=O) groups excluding carboxylic acids is 1. The minimum atomic E-state index is -2.59. The Balaban J connectivity index is 2.25. The maximum atomic E-state index is 11.0. The second-order valence-corrected chi connectivity index (χ2v) is 2.92. The largest absolute Gasteiger partial charge is 0.758 e. The Morgan fingerprint density at radius 3 is 2.69 bits per heavy atom. The number of morpholine rings is 1. The molecule has 1 amide bonds. The first-order chi connectivity index (χ1) is 6.20. The third-order valence-corrected chi connectivity index (χ3v) is 1.69. The molecule has 1 rings (SSSR count). The average molecular weight is 209 g/mol. The molecule has 0 aromatic carbocycles. The Bertz CT molecular complexity index is 205. The van der Waals surface area contributed by atoms with E-state index in [4.69, 9.17) is 4.74 Å². The molecule has 0 aliphatic carbocycles. The molecule has 0 radical (unpaired) electrons. The Hall–Kier alpha value is -0.700.